The number of ether oxygens (including phenoxy) is 1. The van der Waals surface area contributed by atoms with Crippen molar-refractivity contribution in [3.05, 3.63) is 29.3 Å². The number of rotatable bonds is 6. The second kappa shape index (κ2) is 6.74. The summed E-state index contributed by atoms with van der Waals surface area (Å²) in [7, 11) is 1.45. The zero-order valence-corrected chi connectivity index (χ0v) is 10.6. The lowest BCUT2D eigenvalue weighted by Gasteiger charge is -2.16. The fraction of sp³-hybridized carbons (Fsp3) is 0.500. The van der Waals surface area contributed by atoms with Crippen molar-refractivity contribution in [3.8, 4) is 5.75 Å². The molecule has 0 fully saturated rings. The zero-order valence-electron chi connectivity index (χ0n) is 10.6. The van der Waals surface area contributed by atoms with Gasteiger partial charge in [0.05, 0.1) is 19.8 Å². The quantitative estimate of drug-likeness (QED) is 0.618. The Morgan fingerprint density at radius 1 is 1.37 bits per heavy atom. The molecule has 1 atom stereocenters. The number of alkyl halides is 3. The van der Waals surface area contributed by atoms with E-state index >= 15 is 0 Å². The minimum Gasteiger partial charge on any atom is -0.496 e. The Morgan fingerprint density at radius 3 is 2.63 bits per heavy atom. The number of hydrogen-bond acceptors (Lipinski definition) is 4. The molecular weight excluding hydrogens is 263 g/mol. The SMILES string of the molecule is COc1ccc(C)cc1C(O)CNOCC(F)(F)F. The minimum absolute atomic E-state index is 0.171. The second-order valence-electron chi connectivity index (χ2n) is 4.01. The minimum atomic E-state index is -4.40. The molecule has 0 bridgehead atoms. The Hall–Kier alpha value is -1.31. The van der Waals surface area contributed by atoms with Crippen molar-refractivity contribution in [1.82, 2.24) is 5.48 Å². The van der Waals surface area contributed by atoms with Crippen molar-refractivity contribution in [2.45, 2.75) is 19.2 Å². The Labute approximate surface area is 109 Å². The molecule has 0 radical (unpaired) electrons. The number of hydroxylamine groups is 1. The van der Waals surface area contributed by atoms with E-state index < -0.39 is 18.9 Å². The number of nitrogens with one attached hydrogen (secondary N) is 1. The molecule has 108 valence electrons. The Bertz CT molecular complexity index is 410. The normalized spacial score (nSPS) is 13.4. The molecule has 0 aliphatic rings. The summed E-state index contributed by atoms with van der Waals surface area (Å²) in [6, 6.07) is 5.20. The van der Waals surface area contributed by atoms with Gasteiger partial charge < -0.3 is 9.84 Å². The predicted octanol–water partition coefficient (Wildman–Crippen LogP) is 2.12. The Balaban J connectivity index is 2.53. The molecule has 0 heterocycles. The summed E-state index contributed by atoms with van der Waals surface area (Å²) in [5.74, 6) is 0.468. The molecule has 7 heteroatoms. The standard InChI is InChI=1S/C12H16F3NO3/c1-8-3-4-11(18-2)9(5-8)10(17)6-16-19-7-12(13,14)15/h3-5,10,16-17H,6-7H2,1-2H3. The van der Waals surface area contributed by atoms with Crippen LogP contribution in [-0.2, 0) is 4.84 Å². The summed E-state index contributed by atoms with van der Waals surface area (Å²) < 4.78 is 40.6. The molecule has 0 aromatic heterocycles. The molecule has 0 saturated carbocycles. The fourth-order valence-electron chi connectivity index (χ4n) is 1.49. The van der Waals surface area contributed by atoms with Crippen LogP contribution in [-0.4, -0.2) is 31.5 Å². The van der Waals surface area contributed by atoms with Gasteiger partial charge in [-0.25, -0.2) is 0 Å². The first-order chi connectivity index (χ1) is 8.83. The third kappa shape index (κ3) is 5.46. The van der Waals surface area contributed by atoms with E-state index in [1.807, 2.05) is 13.0 Å². The van der Waals surface area contributed by atoms with Crippen molar-refractivity contribution in [2.24, 2.45) is 0 Å². The van der Waals surface area contributed by atoms with E-state index in [1.165, 1.54) is 7.11 Å². The van der Waals surface area contributed by atoms with Crippen LogP contribution in [0, 0.1) is 6.92 Å². The van der Waals surface area contributed by atoms with Gasteiger partial charge in [-0.05, 0) is 19.1 Å². The smallest absolute Gasteiger partial charge is 0.413 e. The van der Waals surface area contributed by atoms with E-state index in [9.17, 15) is 18.3 Å². The van der Waals surface area contributed by atoms with Gasteiger partial charge in [0, 0.05) is 5.56 Å². The molecule has 19 heavy (non-hydrogen) atoms. The van der Waals surface area contributed by atoms with E-state index in [0.29, 0.717) is 11.3 Å². The van der Waals surface area contributed by atoms with Crippen LogP contribution in [0.15, 0.2) is 18.2 Å². The van der Waals surface area contributed by atoms with Crippen LogP contribution in [0.25, 0.3) is 0 Å². The number of methoxy groups -OCH3 is 1. The van der Waals surface area contributed by atoms with Gasteiger partial charge >= 0.3 is 6.18 Å². The topological polar surface area (TPSA) is 50.7 Å². The van der Waals surface area contributed by atoms with Crippen molar-refractivity contribution < 1.29 is 27.9 Å². The molecular formula is C12H16F3NO3. The van der Waals surface area contributed by atoms with Crippen molar-refractivity contribution >= 4 is 0 Å². The second-order valence-corrected chi connectivity index (χ2v) is 4.01. The summed E-state index contributed by atoms with van der Waals surface area (Å²) in [6.45, 7) is 0.254. The lowest BCUT2D eigenvalue weighted by Crippen LogP contribution is -2.28. The highest BCUT2D eigenvalue weighted by molar-refractivity contribution is 5.38. The van der Waals surface area contributed by atoms with Gasteiger partial charge in [-0.15, -0.1) is 0 Å². The van der Waals surface area contributed by atoms with Crippen molar-refractivity contribution in [1.29, 1.82) is 0 Å². The van der Waals surface area contributed by atoms with Crippen LogP contribution in [0.2, 0.25) is 0 Å². The van der Waals surface area contributed by atoms with Crippen LogP contribution in [0.3, 0.4) is 0 Å². The largest absolute Gasteiger partial charge is 0.496 e. The monoisotopic (exact) mass is 279 g/mol. The van der Waals surface area contributed by atoms with Crippen LogP contribution < -0.4 is 10.2 Å². The molecule has 2 N–H and O–H groups in total. The molecule has 0 spiro atoms. The van der Waals surface area contributed by atoms with E-state index in [4.69, 9.17) is 4.74 Å². The Morgan fingerprint density at radius 2 is 2.05 bits per heavy atom. The van der Waals surface area contributed by atoms with Crippen LogP contribution in [0.1, 0.15) is 17.2 Å². The van der Waals surface area contributed by atoms with E-state index in [1.54, 1.807) is 12.1 Å². The number of hydrogen-bond donors (Lipinski definition) is 2. The molecule has 4 nitrogen and oxygen atoms in total. The molecule has 1 rings (SSSR count). The number of aliphatic hydroxyl groups excluding tert-OH is 1. The van der Waals surface area contributed by atoms with Crippen LogP contribution >= 0.6 is 0 Å². The predicted molar refractivity (Wildman–Crippen MR) is 62.7 cm³/mol. The first-order valence-electron chi connectivity index (χ1n) is 5.57. The number of halogens is 3. The molecule has 1 aromatic carbocycles. The Kier molecular flexibility index (Phi) is 5.59. The highest BCUT2D eigenvalue weighted by Crippen LogP contribution is 2.25. The maximum atomic E-state index is 11.8. The molecule has 1 unspecified atom stereocenters. The third-order valence-corrected chi connectivity index (χ3v) is 2.36. The number of aryl methyl sites for hydroxylation is 1. The maximum absolute atomic E-state index is 11.8. The van der Waals surface area contributed by atoms with Crippen molar-refractivity contribution in [2.75, 3.05) is 20.3 Å². The highest BCUT2D eigenvalue weighted by atomic mass is 19.4. The summed E-state index contributed by atoms with van der Waals surface area (Å²) >= 11 is 0. The van der Waals surface area contributed by atoms with E-state index in [-0.39, 0.29) is 6.54 Å². The zero-order chi connectivity index (χ0) is 14.5. The summed E-state index contributed by atoms with van der Waals surface area (Å²) in [5.41, 5.74) is 3.49. The lowest BCUT2D eigenvalue weighted by atomic mass is 10.1. The van der Waals surface area contributed by atoms with E-state index in [2.05, 4.69) is 10.3 Å². The maximum Gasteiger partial charge on any atom is 0.413 e. The summed E-state index contributed by atoms with van der Waals surface area (Å²) in [6.07, 6.45) is -5.43. The van der Waals surface area contributed by atoms with E-state index in [0.717, 1.165) is 5.56 Å². The van der Waals surface area contributed by atoms with Gasteiger partial charge in [-0.3, -0.25) is 4.84 Å². The fourth-order valence-corrected chi connectivity index (χ4v) is 1.49. The first-order valence-corrected chi connectivity index (χ1v) is 5.57. The first kappa shape index (κ1) is 15.7. The molecule has 0 saturated heterocycles. The number of benzene rings is 1. The average Bonchev–Trinajstić information content (AvgIpc) is 2.33. The number of aliphatic hydroxyl groups is 1. The van der Waals surface area contributed by atoms with Gasteiger partial charge in [-0.2, -0.15) is 18.7 Å². The molecule has 1 aromatic rings. The van der Waals surface area contributed by atoms with Gasteiger partial charge in [0.2, 0.25) is 0 Å². The molecule has 0 amide bonds. The van der Waals surface area contributed by atoms with Crippen molar-refractivity contribution in [3.63, 3.8) is 0 Å². The third-order valence-electron chi connectivity index (χ3n) is 2.36. The van der Waals surface area contributed by atoms with Crippen LogP contribution in [0.4, 0.5) is 13.2 Å². The average molecular weight is 279 g/mol. The molecule has 0 aliphatic heterocycles. The van der Waals surface area contributed by atoms with Gasteiger partial charge in [-0.1, -0.05) is 11.6 Å². The van der Waals surface area contributed by atoms with Gasteiger partial charge in [0.25, 0.3) is 0 Å². The van der Waals surface area contributed by atoms with Gasteiger partial charge in [0.1, 0.15) is 5.75 Å². The molecule has 0 aliphatic carbocycles. The summed E-state index contributed by atoms with van der Waals surface area (Å²) in [5, 5.41) is 9.88. The van der Waals surface area contributed by atoms with Gasteiger partial charge in [0.15, 0.2) is 6.61 Å². The van der Waals surface area contributed by atoms with Crippen LogP contribution in [0.5, 0.6) is 5.75 Å². The lowest BCUT2D eigenvalue weighted by molar-refractivity contribution is -0.191. The highest BCUT2D eigenvalue weighted by Gasteiger charge is 2.27. The summed E-state index contributed by atoms with van der Waals surface area (Å²) in [4.78, 5) is 4.22.